The number of anilines is 2. The summed E-state index contributed by atoms with van der Waals surface area (Å²) in [4.78, 5) is 16.6. The summed E-state index contributed by atoms with van der Waals surface area (Å²) in [5.74, 6) is -0.549. The van der Waals surface area contributed by atoms with E-state index in [1.165, 1.54) is 30.6 Å². The Balaban J connectivity index is 1.71. The molecule has 1 aliphatic heterocycles. The summed E-state index contributed by atoms with van der Waals surface area (Å²) in [6, 6.07) is 16.0. The van der Waals surface area contributed by atoms with Gasteiger partial charge in [0.25, 0.3) is 0 Å². The van der Waals surface area contributed by atoms with Gasteiger partial charge in [0.15, 0.2) is 0 Å². The molecule has 3 N–H and O–H groups in total. The summed E-state index contributed by atoms with van der Waals surface area (Å²) in [6.07, 6.45) is 7.79. The van der Waals surface area contributed by atoms with E-state index in [0.29, 0.717) is 27.8 Å². The van der Waals surface area contributed by atoms with Gasteiger partial charge in [-0.05, 0) is 67.8 Å². The number of nitrogens with zero attached hydrogens (tertiary/aromatic N) is 2. The maximum absolute atomic E-state index is 11.9. The van der Waals surface area contributed by atoms with Gasteiger partial charge in [-0.2, -0.15) is 4.31 Å². The molecule has 0 bridgehead atoms. The first-order valence-electron chi connectivity index (χ1n) is 12.6. The van der Waals surface area contributed by atoms with E-state index < -0.39 is 16.7 Å². The van der Waals surface area contributed by atoms with Gasteiger partial charge in [-0.15, -0.1) is 33.9 Å². The van der Waals surface area contributed by atoms with E-state index in [9.17, 15) is 19.0 Å². The van der Waals surface area contributed by atoms with Gasteiger partial charge < -0.3 is 10.0 Å². The van der Waals surface area contributed by atoms with Crippen molar-refractivity contribution in [2.45, 2.75) is 54.9 Å². The van der Waals surface area contributed by atoms with Gasteiger partial charge in [0.2, 0.25) is 0 Å². The number of hydrogen-bond donors (Lipinski definition) is 3. The molecular weight excluding hydrogens is 525 g/mol. The first kappa shape index (κ1) is 26.6. The van der Waals surface area contributed by atoms with Crippen molar-refractivity contribution in [1.82, 2.24) is 4.31 Å². The van der Waals surface area contributed by atoms with Crippen LogP contribution in [0.25, 0.3) is 10.4 Å². The fourth-order valence-electron chi connectivity index (χ4n) is 5.73. The first-order chi connectivity index (χ1) is 17.7. The van der Waals surface area contributed by atoms with E-state index in [2.05, 4.69) is 23.1 Å². The van der Waals surface area contributed by atoms with E-state index in [0.717, 1.165) is 39.6 Å². The van der Waals surface area contributed by atoms with Gasteiger partial charge in [-0.3, -0.25) is 9.11 Å². The fourth-order valence-corrected chi connectivity index (χ4v) is 9.11. The van der Waals surface area contributed by atoms with Gasteiger partial charge >= 0.3 is 5.97 Å². The topological polar surface area (TPSA) is 84.2 Å². The minimum Gasteiger partial charge on any atom is -0.477 e. The number of carboxylic acid groups (broad SMARTS) is 1. The van der Waals surface area contributed by atoms with Gasteiger partial charge in [0.1, 0.15) is 4.88 Å². The predicted octanol–water partition coefficient (Wildman–Crippen LogP) is 8.20. The third-order valence-electron chi connectivity index (χ3n) is 7.74. The van der Waals surface area contributed by atoms with Crippen LogP contribution in [-0.2, 0) is 0 Å². The Bertz CT molecular complexity index is 1290. The monoisotopic (exact) mass is 558 g/mol. The van der Waals surface area contributed by atoms with Crippen LogP contribution in [0, 0.1) is 12.8 Å². The molecule has 1 unspecified atom stereocenters. The van der Waals surface area contributed by atoms with Crippen LogP contribution in [-0.4, -0.2) is 50.4 Å². The van der Waals surface area contributed by atoms with Crippen molar-refractivity contribution in [2.75, 3.05) is 24.7 Å². The number of likely N-dealkylation sites (N-methyl/N-ethyl adjacent to an activating group) is 1. The number of aromatic carboxylic acids is 1. The third kappa shape index (κ3) is 4.93. The summed E-state index contributed by atoms with van der Waals surface area (Å²) in [5.41, 5.74) is 3.37. The number of thioether (sulfide) groups is 1. The minimum atomic E-state index is -3.30. The maximum Gasteiger partial charge on any atom is 0.346 e. The lowest BCUT2D eigenvalue weighted by atomic mass is 9.83. The van der Waals surface area contributed by atoms with Crippen molar-refractivity contribution in [2.24, 2.45) is 5.92 Å². The molecule has 3 aromatic rings. The van der Waals surface area contributed by atoms with Gasteiger partial charge in [-0.25, -0.2) is 4.79 Å². The Morgan fingerprint density at radius 3 is 2.41 bits per heavy atom. The number of thiophene rings is 1. The number of hydrogen-bond acceptors (Lipinski definition) is 7. The number of rotatable bonds is 5. The molecule has 1 saturated carbocycles. The van der Waals surface area contributed by atoms with Crippen molar-refractivity contribution in [3.05, 3.63) is 59.0 Å². The number of fused-ring (bicyclic) bond motifs is 1. The molecule has 9 heteroatoms. The summed E-state index contributed by atoms with van der Waals surface area (Å²) in [5, 5.41) is 9.63. The molecule has 2 aliphatic rings. The van der Waals surface area contributed by atoms with Crippen molar-refractivity contribution < 1.29 is 19.0 Å². The van der Waals surface area contributed by atoms with E-state index >= 15 is 0 Å². The Morgan fingerprint density at radius 2 is 1.78 bits per heavy atom. The lowest BCUT2D eigenvalue weighted by Gasteiger charge is -2.46. The minimum absolute atomic E-state index is 0.0123. The molecule has 2 aromatic carbocycles. The predicted molar refractivity (Wildman–Crippen MR) is 156 cm³/mol. The van der Waals surface area contributed by atoms with Crippen LogP contribution in [0.15, 0.2) is 58.3 Å². The SMILES string of the molecule is CSc1cc2c(cc1-c1cc(C)c(C(=O)O)s1)S(O)(O)N(C)C(C1CCCCC1)CN2c1ccccc1. The quantitative estimate of drug-likeness (QED) is 0.272. The molecule has 198 valence electrons. The third-order valence-corrected chi connectivity index (χ3v) is 11.8. The van der Waals surface area contributed by atoms with E-state index in [1.807, 2.05) is 47.9 Å². The molecule has 0 spiro atoms. The second-order valence-electron chi connectivity index (χ2n) is 9.92. The van der Waals surface area contributed by atoms with E-state index in [1.54, 1.807) is 18.7 Å². The fraction of sp³-hybridized carbons (Fsp3) is 0.393. The summed E-state index contributed by atoms with van der Waals surface area (Å²) in [6.45, 7) is 2.47. The number of carbonyl (C=O) groups is 1. The zero-order valence-electron chi connectivity index (χ0n) is 21.4. The smallest absolute Gasteiger partial charge is 0.346 e. The average molecular weight is 559 g/mol. The zero-order chi connectivity index (χ0) is 26.3. The summed E-state index contributed by atoms with van der Waals surface area (Å²) >= 11 is 2.82. The molecule has 1 aliphatic carbocycles. The molecule has 0 radical (unpaired) electrons. The molecule has 1 fully saturated rings. The van der Waals surface area contributed by atoms with Crippen LogP contribution in [0.1, 0.15) is 47.3 Å². The first-order valence-corrected chi connectivity index (χ1v) is 16.2. The van der Waals surface area contributed by atoms with Crippen molar-refractivity contribution in [3.8, 4) is 10.4 Å². The number of benzene rings is 2. The lowest BCUT2D eigenvalue weighted by molar-refractivity contribution is 0.0701. The Morgan fingerprint density at radius 1 is 1.08 bits per heavy atom. The lowest BCUT2D eigenvalue weighted by Crippen LogP contribution is -2.45. The van der Waals surface area contributed by atoms with E-state index in [-0.39, 0.29) is 6.04 Å². The summed E-state index contributed by atoms with van der Waals surface area (Å²) in [7, 11) is -1.45. The van der Waals surface area contributed by atoms with Crippen LogP contribution >= 0.6 is 33.9 Å². The van der Waals surface area contributed by atoms with Crippen LogP contribution < -0.4 is 4.90 Å². The second kappa shape index (κ2) is 10.6. The molecule has 6 nitrogen and oxygen atoms in total. The van der Waals surface area contributed by atoms with Crippen LogP contribution in [0.4, 0.5) is 11.4 Å². The highest BCUT2D eigenvalue weighted by molar-refractivity contribution is 8.22. The van der Waals surface area contributed by atoms with Gasteiger partial charge in [-0.1, -0.05) is 37.5 Å². The zero-order valence-corrected chi connectivity index (χ0v) is 23.8. The van der Waals surface area contributed by atoms with Gasteiger partial charge in [0, 0.05) is 40.7 Å². The van der Waals surface area contributed by atoms with Crippen LogP contribution in [0.2, 0.25) is 0 Å². The number of aryl methyl sites for hydroxylation is 1. The van der Waals surface area contributed by atoms with Crippen molar-refractivity contribution in [3.63, 3.8) is 0 Å². The Labute approximate surface area is 228 Å². The number of carboxylic acids is 1. The molecule has 0 saturated heterocycles. The largest absolute Gasteiger partial charge is 0.477 e. The van der Waals surface area contributed by atoms with Gasteiger partial charge in [0.05, 0.1) is 10.6 Å². The molecule has 0 amide bonds. The highest BCUT2D eigenvalue weighted by Gasteiger charge is 2.41. The highest BCUT2D eigenvalue weighted by atomic mass is 32.3. The Kier molecular flexibility index (Phi) is 7.64. The summed E-state index contributed by atoms with van der Waals surface area (Å²) < 4.78 is 25.6. The second-order valence-corrected chi connectivity index (χ2v) is 13.9. The average Bonchev–Trinajstić information content (AvgIpc) is 3.27. The number of para-hydroxylation sites is 1. The normalized spacial score (nSPS) is 21.3. The molecule has 2 heterocycles. The molecule has 1 aromatic heterocycles. The van der Waals surface area contributed by atoms with Crippen molar-refractivity contribution in [1.29, 1.82) is 0 Å². The Hall–Kier alpha value is -2.01. The maximum atomic E-state index is 11.9. The van der Waals surface area contributed by atoms with E-state index in [4.69, 9.17) is 0 Å². The highest BCUT2D eigenvalue weighted by Crippen LogP contribution is 2.61. The standard InChI is InChI=1S/C28H34N2O4S3/c1-18-14-25(36-27(18)28(31)32)21-15-26-22(16-24(21)35-3)30(20-12-8-5-9-13-20)17-23(29(2)37(26,33)34)19-10-6-4-7-11-19/h5,8-9,12-16,19,23,33-34H,4,6-7,10-11,17H2,1-3H3,(H,31,32). The molecule has 37 heavy (non-hydrogen) atoms. The molecule has 5 rings (SSSR count). The molecular formula is C28H34N2O4S3. The molecule has 1 atom stereocenters. The van der Waals surface area contributed by atoms with Crippen molar-refractivity contribution >= 4 is 51.2 Å². The van der Waals surface area contributed by atoms with Crippen LogP contribution in [0.5, 0.6) is 0 Å². The van der Waals surface area contributed by atoms with Crippen LogP contribution in [0.3, 0.4) is 0 Å².